The standard InChI is InChI=1S/C54H92O6/c1-4-7-10-13-16-19-21-23-24-25-26-27-28-29-30-31-33-35-38-41-44-47-53(56)59-50-51(49-58-52(55)46-43-40-37-34-18-15-12-9-6-3)60-54(57)48-45-42-39-36-32-22-20-17-14-11-8-5-2/h7,10,16,19,23-24,26-27,29-30,33,35,51H,4-6,8-9,11-15,17-18,20-22,25,28,31-32,34,36-50H2,1-3H3/b10-7-,19-16-,24-23-,27-26-,30-29-,35-33-. The molecule has 0 heterocycles. The lowest BCUT2D eigenvalue weighted by Gasteiger charge is -2.18. The first-order valence-corrected chi connectivity index (χ1v) is 24.9. The number of esters is 3. The number of hydrogen-bond donors (Lipinski definition) is 0. The van der Waals surface area contributed by atoms with Crippen LogP contribution in [0.5, 0.6) is 0 Å². The van der Waals surface area contributed by atoms with Crippen LogP contribution < -0.4 is 0 Å². The van der Waals surface area contributed by atoms with Crippen molar-refractivity contribution in [2.45, 2.75) is 239 Å². The first kappa shape index (κ1) is 56.9. The second kappa shape index (κ2) is 48.5. The Balaban J connectivity index is 4.38. The van der Waals surface area contributed by atoms with E-state index in [1.807, 2.05) is 0 Å². The van der Waals surface area contributed by atoms with Gasteiger partial charge in [-0.1, -0.05) is 216 Å². The van der Waals surface area contributed by atoms with Gasteiger partial charge in [-0.05, 0) is 70.6 Å². The molecule has 0 spiro atoms. The minimum absolute atomic E-state index is 0.0869. The van der Waals surface area contributed by atoms with Crippen molar-refractivity contribution in [2.24, 2.45) is 0 Å². The monoisotopic (exact) mass is 837 g/mol. The molecule has 0 aliphatic carbocycles. The molecule has 0 radical (unpaired) electrons. The third-order valence-electron chi connectivity index (χ3n) is 10.5. The van der Waals surface area contributed by atoms with Gasteiger partial charge >= 0.3 is 17.9 Å². The van der Waals surface area contributed by atoms with Gasteiger partial charge in [-0.15, -0.1) is 0 Å². The molecule has 1 atom stereocenters. The number of carbonyl (C=O) groups is 3. The molecule has 0 aliphatic heterocycles. The summed E-state index contributed by atoms with van der Waals surface area (Å²) in [4.78, 5) is 37.8. The van der Waals surface area contributed by atoms with Crippen molar-refractivity contribution in [3.8, 4) is 0 Å². The van der Waals surface area contributed by atoms with Gasteiger partial charge in [-0.3, -0.25) is 14.4 Å². The molecule has 6 nitrogen and oxygen atoms in total. The molecule has 0 aromatic rings. The smallest absolute Gasteiger partial charge is 0.306 e. The van der Waals surface area contributed by atoms with Crippen LogP contribution >= 0.6 is 0 Å². The fourth-order valence-corrected chi connectivity index (χ4v) is 6.74. The Morgan fingerprint density at radius 2 is 0.650 bits per heavy atom. The van der Waals surface area contributed by atoms with Crippen LogP contribution in [0.2, 0.25) is 0 Å². The number of unbranched alkanes of at least 4 members (excludes halogenated alkanes) is 21. The summed E-state index contributed by atoms with van der Waals surface area (Å²) in [6.07, 6.45) is 60.3. The van der Waals surface area contributed by atoms with E-state index in [2.05, 4.69) is 93.7 Å². The summed E-state index contributed by atoms with van der Waals surface area (Å²) in [6, 6.07) is 0. The Kier molecular flexibility index (Phi) is 46.0. The Morgan fingerprint density at radius 3 is 1.02 bits per heavy atom. The van der Waals surface area contributed by atoms with E-state index in [1.54, 1.807) is 0 Å². The van der Waals surface area contributed by atoms with E-state index < -0.39 is 6.10 Å². The van der Waals surface area contributed by atoms with E-state index >= 15 is 0 Å². The van der Waals surface area contributed by atoms with Gasteiger partial charge in [0.25, 0.3) is 0 Å². The van der Waals surface area contributed by atoms with Crippen LogP contribution in [-0.2, 0) is 28.6 Å². The second-order valence-electron chi connectivity index (χ2n) is 16.4. The van der Waals surface area contributed by atoms with E-state index in [0.29, 0.717) is 19.3 Å². The Hall–Kier alpha value is -3.15. The Bertz CT molecular complexity index is 1140. The Morgan fingerprint density at radius 1 is 0.350 bits per heavy atom. The zero-order valence-electron chi connectivity index (χ0n) is 39.2. The lowest BCUT2D eigenvalue weighted by molar-refractivity contribution is -0.167. The van der Waals surface area contributed by atoms with Crippen LogP contribution in [0.3, 0.4) is 0 Å². The van der Waals surface area contributed by atoms with Gasteiger partial charge in [0.05, 0.1) is 0 Å². The summed E-state index contributed by atoms with van der Waals surface area (Å²) in [5.41, 5.74) is 0. The van der Waals surface area contributed by atoms with Crippen molar-refractivity contribution >= 4 is 17.9 Å². The highest BCUT2D eigenvalue weighted by atomic mass is 16.6. The van der Waals surface area contributed by atoms with Crippen LogP contribution in [0.15, 0.2) is 72.9 Å². The molecule has 0 fully saturated rings. The third-order valence-corrected chi connectivity index (χ3v) is 10.5. The fourth-order valence-electron chi connectivity index (χ4n) is 6.74. The lowest BCUT2D eigenvalue weighted by Crippen LogP contribution is -2.30. The van der Waals surface area contributed by atoms with Crippen LogP contribution in [-0.4, -0.2) is 37.2 Å². The number of allylic oxidation sites excluding steroid dienone is 12. The van der Waals surface area contributed by atoms with Gasteiger partial charge in [0.15, 0.2) is 6.10 Å². The fraction of sp³-hybridized carbons (Fsp3) is 0.722. The molecule has 0 amide bonds. The zero-order chi connectivity index (χ0) is 43.7. The number of hydrogen-bond acceptors (Lipinski definition) is 6. The van der Waals surface area contributed by atoms with Crippen LogP contribution in [0.25, 0.3) is 0 Å². The number of rotatable bonds is 44. The molecular weight excluding hydrogens is 745 g/mol. The van der Waals surface area contributed by atoms with E-state index in [-0.39, 0.29) is 31.1 Å². The molecule has 0 rings (SSSR count). The van der Waals surface area contributed by atoms with E-state index in [0.717, 1.165) is 96.3 Å². The summed E-state index contributed by atoms with van der Waals surface area (Å²) in [5.74, 6) is -0.934. The van der Waals surface area contributed by atoms with Crippen molar-refractivity contribution in [1.82, 2.24) is 0 Å². The molecule has 0 saturated carbocycles. The quantitative estimate of drug-likeness (QED) is 0.0263. The second-order valence-corrected chi connectivity index (χ2v) is 16.4. The maximum atomic E-state index is 12.7. The van der Waals surface area contributed by atoms with Gasteiger partial charge in [0, 0.05) is 19.3 Å². The molecule has 0 aromatic carbocycles. The predicted octanol–water partition coefficient (Wildman–Crippen LogP) is 16.3. The van der Waals surface area contributed by atoms with Crippen LogP contribution in [0.4, 0.5) is 0 Å². The molecule has 60 heavy (non-hydrogen) atoms. The van der Waals surface area contributed by atoms with E-state index in [9.17, 15) is 14.4 Å². The zero-order valence-corrected chi connectivity index (χ0v) is 39.2. The summed E-state index contributed by atoms with van der Waals surface area (Å²) in [7, 11) is 0. The van der Waals surface area contributed by atoms with Crippen molar-refractivity contribution in [1.29, 1.82) is 0 Å². The van der Waals surface area contributed by atoms with Gasteiger partial charge in [-0.2, -0.15) is 0 Å². The van der Waals surface area contributed by atoms with Crippen LogP contribution in [0.1, 0.15) is 233 Å². The third kappa shape index (κ3) is 45.9. The SMILES string of the molecule is CC/C=C\C/C=C\C/C=C\C/C=C\C/C=C\C/C=C\CCCCC(=O)OCC(COC(=O)CCCCCCCCCCC)OC(=O)CCCCCCCCCCCCCC. The largest absolute Gasteiger partial charge is 0.462 e. The first-order valence-electron chi connectivity index (χ1n) is 24.9. The van der Waals surface area contributed by atoms with E-state index in [1.165, 1.54) is 96.3 Å². The molecule has 0 bridgehead atoms. The van der Waals surface area contributed by atoms with Gasteiger partial charge in [0.1, 0.15) is 13.2 Å². The summed E-state index contributed by atoms with van der Waals surface area (Å²) < 4.78 is 16.7. The number of carbonyl (C=O) groups excluding carboxylic acids is 3. The topological polar surface area (TPSA) is 78.9 Å². The minimum Gasteiger partial charge on any atom is -0.462 e. The average Bonchev–Trinajstić information content (AvgIpc) is 3.24. The average molecular weight is 837 g/mol. The van der Waals surface area contributed by atoms with Gasteiger partial charge in [0.2, 0.25) is 0 Å². The van der Waals surface area contributed by atoms with Crippen molar-refractivity contribution in [3.63, 3.8) is 0 Å². The normalized spacial score (nSPS) is 12.7. The van der Waals surface area contributed by atoms with Crippen molar-refractivity contribution in [2.75, 3.05) is 13.2 Å². The summed E-state index contributed by atoms with van der Waals surface area (Å²) in [5, 5.41) is 0. The van der Waals surface area contributed by atoms with Crippen LogP contribution in [0, 0.1) is 0 Å². The minimum atomic E-state index is -0.787. The van der Waals surface area contributed by atoms with E-state index in [4.69, 9.17) is 14.2 Å². The van der Waals surface area contributed by atoms with Gasteiger partial charge < -0.3 is 14.2 Å². The molecule has 0 N–H and O–H groups in total. The molecule has 344 valence electrons. The predicted molar refractivity (Wildman–Crippen MR) is 256 cm³/mol. The highest BCUT2D eigenvalue weighted by Crippen LogP contribution is 2.14. The molecule has 0 aliphatic rings. The molecule has 0 aromatic heterocycles. The summed E-state index contributed by atoms with van der Waals surface area (Å²) in [6.45, 7) is 6.46. The first-order chi connectivity index (χ1) is 29.5. The molecule has 6 heteroatoms. The maximum Gasteiger partial charge on any atom is 0.306 e. The summed E-state index contributed by atoms with van der Waals surface area (Å²) >= 11 is 0. The van der Waals surface area contributed by atoms with Gasteiger partial charge in [-0.25, -0.2) is 0 Å². The highest BCUT2D eigenvalue weighted by Gasteiger charge is 2.19. The van der Waals surface area contributed by atoms with Crippen molar-refractivity contribution in [3.05, 3.63) is 72.9 Å². The van der Waals surface area contributed by atoms with Crippen molar-refractivity contribution < 1.29 is 28.6 Å². The molecule has 1 unspecified atom stereocenters. The Labute approximate surface area is 370 Å². The highest BCUT2D eigenvalue weighted by molar-refractivity contribution is 5.71. The number of ether oxygens (including phenoxy) is 3. The molecular formula is C54H92O6. The lowest BCUT2D eigenvalue weighted by atomic mass is 10.0. The maximum absolute atomic E-state index is 12.7. The molecule has 0 saturated heterocycles.